The summed E-state index contributed by atoms with van der Waals surface area (Å²) in [6.45, 7) is 2.20. The van der Waals surface area contributed by atoms with Crippen LogP contribution in [0.4, 0.5) is 0 Å². The lowest BCUT2D eigenvalue weighted by Crippen LogP contribution is -2.05. The monoisotopic (exact) mass is 250 g/mol. The molecule has 80 valence electrons. The van der Waals surface area contributed by atoms with Crippen molar-refractivity contribution in [1.29, 1.82) is 0 Å². The summed E-state index contributed by atoms with van der Waals surface area (Å²) in [5.74, 6) is 0. The molecule has 1 N–H and O–H groups in total. The van der Waals surface area contributed by atoms with Crippen LogP contribution in [0.15, 0.2) is 0 Å². The summed E-state index contributed by atoms with van der Waals surface area (Å²) in [5.41, 5.74) is 0. The Morgan fingerprint density at radius 2 is 1.62 bits per heavy atom. The fraction of sp³-hybridized carbons (Fsp3) is 1.00. The maximum Gasteiger partial charge on any atom is 0.0540 e. The molecule has 0 rings (SSSR count). The predicted molar refractivity (Wildman–Crippen MR) is 62.4 cm³/mol. The van der Waals surface area contributed by atoms with E-state index in [2.05, 4.69) is 22.9 Å². The van der Waals surface area contributed by atoms with E-state index in [1.165, 1.54) is 38.5 Å². The van der Waals surface area contributed by atoms with Crippen LogP contribution in [0.2, 0.25) is 0 Å². The van der Waals surface area contributed by atoms with E-state index < -0.39 is 0 Å². The molecule has 0 aliphatic carbocycles. The Kier molecular flexibility index (Phi) is 10.9. The van der Waals surface area contributed by atoms with E-state index in [-0.39, 0.29) is 6.10 Å². The van der Waals surface area contributed by atoms with Gasteiger partial charge in [-0.1, -0.05) is 55.0 Å². The van der Waals surface area contributed by atoms with Gasteiger partial charge in [-0.2, -0.15) is 0 Å². The van der Waals surface area contributed by atoms with Crippen LogP contribution in [0.5, 0.6) is 0 Å². The molecule has 1 atom stereocenters. The van der Waals surface area contributed by atoms with Crippen LogP contribution in [-0.2, 0) is 0 Å². The second-order valence-electron chi connectivity index (χ2n) is 3.69. The molecule has 0 spiro atoms. The SMILES string of the molecule is CCCCCC(O)CCCCCBr. The minimum absolute atomic E-state index is 0.0399. The minimum atomic E-state index is -0.0399. The second kappa shape index (κ2) is 10.5. The Balaban J connectivity index is 3.05. The van der Waals surface area contributed by atoms with Gasteiger partial charge in [0, 0.05) is 5.33 Å². The first-order valence-electron chi connectivity index (χ1n) is 5.55. The lowest BCUT2D eigenvalue weighted by Gasteiger charge is -2.09. The Hall–Kier alpha value is 0.440. The molecule has 0 aromatic carbocycles. The highest BCUT2D eigenvalue weighted by Crippen LogP contribution is 2.10. The van der Waals surface area contributed by atoms with Gasteiger partial charge < -0.3 is 5.11 Å². The molecule has 0 aromatic rings. The quantitative estimate of drug-likeness (QED) is 0.487. The maximum absolute atomic E-state index is 9.56. The molecule has 0 aliphatic heterocycles. The topological polar surface area (TPSA) is 20.2 Å². The van der Waals surface area contributed by atoms with Gasteiger partial charge in [-0.25, -0.2) is 0 Å². The molecule has 0 aliphatic rings. The summed E-state index contributed by atoms with van der Waals surface area (Å²) < 4.78 is 0. The number of aliphatic hydroxyl groups excluding tert-OH is 1. The van der Waals surface area contributed by atoms with Gasteiger partial charge in [-0.3, -0.25) is 0 Å². The van der Waals surface area contributed by atoms with Gasteiger partial charge in [0.25, 0.3) is 0 Å². The number of alkyl halides is 1. The third kappa shape index (κ3) is 10.4. The molecule has 0 fully saturated rings. The molecule has 0 heterocycles. The summed E-state index contributed by atoms with van der Waals surface area (Å²) in [6.07, 6.45) is 9.32. The maximum atomic E-state index is 9.56. The third-order valence-corrected chi connectivity index (χ3v) is 2.87. The number of unbranched alkanes of at least 4 members (excludes halogenated alkanes) is 4. The first-order chi connectivity index (χ1) is 6.31. The summed E-state index contributed by atoms with van der Waals surface area (Å²) in [5, 5.41) is 10.7. The van der Waals surface area contributed by atoms with Crippen molar-refractivity contribution in [2.24, 2.45) is 0 Å². The van der Waals surface area contributed by atoms with Crippen LogP contribution in [0, 0.1) is 0 Å². The lowest BCUT2D eigenvalue weighted by molar-refractivity contribution is 0.147. The van der Waals surface area contributed by atoms with E-state index in [4.69, 9.17) is 0 Å². The highest BCUT2D eigenvalue weighted by molar-refractivity contribution is 9.09. The normalized spacial score (nSPS) is 13.2. The molecule has 0 radical (unpaired) electrons. The molecule has 0 saturated heterocycles. The van der Waals surface area contributed by atoms with E-state index >= 15 is 0 Å². The standard InChI is InChI=1S/C11H23BrO/c1-2-3-5-8-11(13)9-6-4-7-10-12/h11,13H,2-10H2,1H3. The molecule has 13 heavy (non-hydrogen) atoms. The first kappa shape index (κ1) is 13.4. The van der Waals surface area contributed by atoms with Crippen LogP contribution in [0.3, 0.4) is 0 Å². The highest BCUT2D eigenvalue weighted by atomic mass is 79.9. The number of aliphatic hydroxyl groups is 1. The average Bonchev–Trinajstić information content (AvgIpc) is 2.13. The van der Waals surface area contributed by atoms with Gasteiger partial charge in [0.15, 0.2) is 0 Å². The molecule has 0 aromatic heterocycles. The summed E-state index contributed by atoms with van der Waals surface area (Å²) in [6, 6.07) is 0. The Morgan fingerprint density at radius 1 is 1.00 bits per heavy atom. The average molecular weight is 251 g/mol. The van der Waals surface area contributed by atoms with E-state index in [1.807, 2.05) is 0 Å². The molecule has 0 amide bonds. The minimum Gasteiger partial charge on any atom is -0.393 e. The van der Waals surface area contributed by atoms with Gasteiger partial charge in [-0.15, -0.1) is 0 Å². The number of hydrogen-bond acceptors (Lipinski definition) is 1. The van der Waals surface area contributed by atoms with Gasteiger partial charge in [0.05, 0.1) is 6.10 Å². The van der Waals surface area contributed by atoms with E-state index in [0.29, 0.717) is 0 Å². The first-order valence-corrected chi connectivity index (χ1v) is 6.67. The van der Waals surface area contributed by atoms with Crippen molar-refractivity contribution < 1.29 is 5.11 Å². The van der Waals surface area contributed by atoms with Crippen LogP contribution in [0.1, 0.15) is 58.3 Å². The van der Waals surface area contributed by atoms with Crippen molar-refractivity contribution in [3.63, 3.8) is 0 Å². The summed E-state index contributed by atoms with van der Waals surface area (Å²) >= 11 is 3.41. The molecule has 1 nitrogen and oxygen atoms in total. The Bertz CT molecular complexity index is 96.1. The van der Waals surface area contributed by atoms with Crippen molar-refractivity contribution >= 4 is 15.9 Å². The molecular formula is C11H23BrO. The largest absolute Gasteiger partial charge is 0.393 e. The fourth-order valence-electron chi connectivity index (χ4n) is 1.43. The molecule has 2 heteroatoms. The highest BCUT2D eigenvalue weighted by Gasteiger charge is 2.02. The Labute approximate surface area is 91.1 Å². The number of halogens is 1. The zero-order chi connectivity index (χ0) is 9.94. The Morgan fingerprint density at radius 3 is 2.15 bits per heavy atom. The van der Waals surface area contributed by atoms with Crippen LogP contribution in [-0.4, -0.2) is 16.5 Å². The third-order valence-electron chi connectivity index (χ3n) is 2.31. The van der Waals surface area contributed by atoms with Crippen molar-refractivity contribution in [2.75, 3.05) is 5.33 Å². The summed E-state index contributed by atoms with van der Waals surface area (Å²) in [4.78, 5) is 0. The van der Waals surface area contributed by atoms with Crippen LogP contribution in [0.25, 0.3) is 0 Å². The predicted octanol–water partition coefficient (Wildman–Crippen LogP) is 3.88. The van der Waals surface area contributed by atoms with Crippen molar-refractivity contribution in [2.45, 2.75) is 64.4 Å². The van der Waals surface area contributed by atoms with Crippen molar-refractivity contribution in [3.8, 4) is 0 Å². The molecular weight excluding hydrogens is 228 g/mol. The van der Waals surface area contributed by atoms with Gasteiger partial charge >= 0.3 is 0 Å². The zero-order valence-electron chi connectivity index (χ0n) is 8.77. The zero-order valence-corrected chi connectivity index (χ0v) is 10.4. The number of hydrogen-bond donors (Lipinski definition) is 1. The van der Waals surface area contributed by atoms with Crippen molar-refractivity contribution in [1.82, 2.24) is 0 Å². The van der Waals surface area contributed by atoms with E-state index in [0.717, 1.165) is 18.2 Å². The van der Waals surface area contributed by atoms with Crippen molar-refractivity contribution in [3.05, 3.63) is 0 Å². The van der Waals surface area contributed by atoms with Crippen LogP contribution < -0.4 is 0 Å². The van der Waals surface area contributed by atoms with E-state index in [9.17, 15) is 5.11 Å². The van der Waals surface area contributed by atoms with E-state index in [1.54, 1.807) is 0 Å². The lowest BCUT2D eigenvalue weighted by atomic mass is 10.0. The fourth-order valence-corrected chi connectivity index (χ4v) is 1.82. The molecule has 0 saturated carbocycles. The number of rotatable bonds is 9. The van der Waals surface area contributed by atoms with Gasteiger partial charge in [-0.05, 0) is 19.3 Å². The van der Waals surface area contributed by atoms with Gasteiger partial charge in [0.1, 0.15) is 0 Å². The second-order valence-corrected chi connectivity index (χ2v) is 4.48. The molecule has 1 unspecified atom stereocenters. The van der Waals surface area contributed by atoms with Crippen LogP contribution >= 0.6 is 15.9 Å². The summed E-state index contributed by atoms with van der Waals surface area (Å²) in [7, 11) is 0. The smallest absolute Gasteiger partial charge is 0.0540 e. The molecule has 0 bridgehead atoms. The van der Waals surface area contributed by atoms with Gasteiger partial charge in [0.2, 0.25) is 0 Å².